The van der Waals surface area contributed by atoms with Gasteiger partial charge in [-0.05, 0) is 99.9 Å². The normalized spacial score (nSPS) is 18.0. The summed E-state index contributed by atoms with van der Waals surface area (Å²) in [7, 11) is 0. The molecule has 7 rings (SSSR count). The fourth-order valence-electron chi connectivity index (χ4n) is 7.67. The summed E-state index contributed by atoms with van der Waals surface area (Å²) in [6, 6.07) is 26.1. The number of rotatable bonds is 7. The zero-order valence-corrected chi connectivity index (χ0v) is 25.8. The number of anilines is 1. The van der Waals surface area contributed by atoms with E-state index in [9.17, 15) is 24.6 Å². The molecule has 0 aromatic heterocycles. The number of hydrogen-bond donors (Lipinski definition) is 3. The molecule has 0 saturated heterocycles. The van der Waals surface area contributed by atoms with E-state index in [0.29, 0.717) is 32.4 Å². The van der Waals surface area contributed by atoms with Gasteiger partial charge in [0.05, 0.1) is 5.56 Å². The summed E-state index contributed by atoms with van der Waals surface area (Å²) in [5.41, 5.74) is 4.55. The number of nitrogens with zero attached hydrogens (tertiary/aromatic N) is 1. The molecule has 0 spiro atoms. The van der Waals surface area contributed by atoms with E-state index in [0.717, 1.165) is 67.2 Å². The highest BCUT2D eigenvalue weighted by Gasteiger charge is 2.51. The fourth-order valence-corrected chi connectivity index (χ4v) is 7.67. The van der Waals surface area contributed by atoms with Crippen LogP contribution < -0.4 is 15.8 Å². The predicted octanol–water partition coefficient (Wildman–Crippen LogP) is 4.65. The van der Waals surface area contributed by atoms with Gasteiger partial charge in [-0.25, -0.2) is 4.79 Å². The van der Waals surface area contributed by atoms with Crippen LogP contribution in [-0.4, -0.2) is 45.5 Å². The number of aliphatic carboxylic acids is 1. The van der Waals surface area contributed by atoms with E-state index in [-0.39, 0.29) is 11.5 Å². The number of aromatic carboxylic acids is 1. The van der Waals surface area contributed by atoms with Crippen LogP contribution in [0, 0.1) is 15.9 Å². The average Bonchev–Trinajstić information content (AvgIpc) is 3.22. The van der Waals surface area contributed by atoms with Crippen LogP contribution in [0.5, 0.6) is 0 Å². The molecule has 7 heteroatoms. The van der Waals surface area contributed by atoms with Crippen LogP contribution in [0.15, 0.2) is 84.9 Å². The Morgan fingerprint density at radius 2 is 1.63 bits per heavy atom. The molecule has 3 aliphatic rings. The Kier molecular flexibility index (Phi) is 7.47. The molecule has 1 heterocycles. The lowest BCUT2D eigenvalue weighted by atomic mass is 9.69. The van der Waals surface area contributed by atoms with Crippen molar-refractivity contribution >= 4 is 35.2 Å². The Bertz CT molecular complexity index is 2120. The molecule has 2 unspecified atom stereocenters. The van der Waals surface area contributed by atoms with Gasteiger partial charge in [-0.3, -0.25) is 9.59 Å². The number of para-hydroxylation sites is 1. The van der Waals surface area contributed by atoms with Crippen molar-refractivity contribution in [2.45, 2.75) is 51.6 Å². The Morgan fingerprint density at radius 1 is 0.870 bits per heavy atom. The van der Waals surface area contributed by atoms with Gasteiger partial charge in [-0.15, -0.1) is 0 Å². The number of carbonyl (C=O) groups excluding carboxylic acids is 1. The summed E-state index contributed by atoms with van der Waals surface area (Å²) in [6.45, 7) is 2.57. The Labute approximate surface area is 266 Å². The summed E-state index contributed by atoms with van der Waals surface area (Å²) in [6.07, 6.45) is 5.32. The van der Waals surface area contributed by atoms with Gasteiger partial charge < -0.3 is 20.4 Å². The van der Waals surface area contributed by atoms with Crippen molar-refractivity contribution < 1.29 is 24.6 Å². The number of carboxylic acid groups (broad SMARTS) is 2. The largest absolute Gasteiger partial charge is 0.481 e. The second-order valence-corrected chi connectivity index (χ2v) is 12.7. The molecule has 0 bridgehead atoms. The maximum absolute atomic E-state index is 14.5. The van der Waals surface area contributed by atoms with Crippen LogP contribution in [0.2, 0.25) is 0 Å². The van der Waals surface area contributed by atoms with E-state index >= 15 is 0 Å². The Morgan fingerprint density at radius 3 is 2.41 bits per heavy atom. The van der Waals surface area contributed by atoms with Crippen molar-refractivity contribution in [1.29, 1.82) is 0 Å². The van der Waals surface area contributed by atoms with Crippen molar-refractivity contribution in [2.24, 2.45) is 5.41 Å². The van der Waals surface area contributed by atoms with Crippen LogP contribution >= 0.6 is 0 Å². The predicted molar refractivity (Wildman–Crippen MR) is 176 cm³/mol. The number of benzene rings is 4. The molecule has 4 aromatic rings. The lowest BCUT2D eigenvalue weighted by Crippen LogP contribution is -2.55. The molecule has 46 heavy (non-hydrogen) atoms. The first-order chi connectivity index (χ1) is 22.3. The third-order valence-corrected chi connectivity index (χ3v) is 10.1. The van der Waals surface area contributed by atoms with E-state index in [1.807, 2.05) is 78.9 Å². The first kappa shape index (κ1) is 29.5. The lowest BCUT2D eigenvalue weighted by molar-refractivity contribution is -0.150. The van der Waals surface area contributed by atoms with Gasteiger partial charge in [0.2, 0.25) is 5.91 Å². The quantitative estimate of drug-likeness (QED) is 0.281. The van der Waals surface area contributed by atoms with Gasteiger partial charge in [0.1, 0.15) is 11.5 Å². The first-order valence-electron chi connectivity index (χ1n) is 15.9. The number of carbonyl (C=O) groups is 3. The third kappa shape index (κ3) is 4.87. The maximum Gasteiger partial charge on any atom is 0.336 e. The van der Waals surface area contributed by atoms with E-state index in [2.05, 4.69) is 5.32 Å². The highest BCUT2D eigenvalue weighted by Crippen LogP contribution is 2.41. The van der Waals surface area contributed by atoms with Gasteiger partial charge in [0.25, 0.3) is 0 Å². The lowest BCUT2D eigenvalue weighted by Gasteiger charge is -2.39. The van der Waals surface area contributed by atoms with E-state index < -0.39 is 23.4 Å². The summed E-state index contributed by atoms with van der Waals surface area (Å²) >= 11 is 0. The van der Waals surface area contributed by atoms with Crippen LogP contribution in [0.3, 0.4) is 0 Å². The molecule has 232 valence electrons. The molecular weight excluding hydrogens is 576 g/mol. The molecule has 0 fully saturated rings. The highest BCUT2D eigenvalue weighted by molar-refractivity contribution is 5.99. The minimum Gasteiger partial charge on any atom is -0.481 e. The zero-order chi connectivity index (χ0) is 32.0. The molecule has 1 aliphatic heterocycles. The monoisotopic (exact) mass is 612 g/mol. The minimum atomic E-state index is -1.53. The molecule has 1 amide bonds. The van der Waals surface area contributed by atoms with Gasteiger partial charge in [-0.1, -0.05) is 78.9 Å². The molecular formula is C39H36N2O5. The molecule has 4 aromatic carbocycles. The first-order valence-corrected chi connectivity index (χ1v) is 15.9. The van der Waals surface area contributed by atoms with Gasteiger partial charge >= 0.3 is 11.9 Å². The minimum absolute atomic E-state index is 0.224. The van der Waals surface area contributed by atoms with Crippen molar-refractivity contribution in [3.05, 3.63) is 134 Å². The third-order valence-electron chi connectivity index (χ3n) is 10.1. The zero-order valence-electron chi connectivity index (χ0n) is 25.8. The smallest absolute Gasteiger partial charge is 0.336 e. The number of nitrogens with one attached hydrogen (secondary N) is 1. The Hall–Kier alpha value is -5.17. The average molecular weight is 613 g/mol. The van der Waals surface area contributed by atoms with Crippen LogP contribution in [-0.2, 0) is 35.4 Å². The molecule has 2 atom stereocenters. The molecule has 3 N–H and O–H groups in total. The summed E-state index contributed by atoms with van der Waals surface area (Å²) in [5.74, 6) is -2.22. The summed E-state index contributed by atoms with van der Waals surface area (Å²) < 4.78 is 0. The fraction of sp³-hybridized carbons (Fsp3) is 0.256. The molecule has 2 aliphatic carbocycles. The van der Waals surface area contributed by atoms with Crippen LogP contribution in [0.25, 0.3) is 11.6 Å². The van der Waals surface area contributed by atoms with E-state index in [4.69, 9.17) is 0 Å². The number of fused-ring (bicyclic) bond motifs is 5. The molecule has 7 nitrogen and oxygen atoms in total. The van der Waals surface area contributed by atoms with Crippen molar-refractivity contribution in [1.82, 2.24) is 4.90 Å². The second kappa shape index (κ2) is 11.6. The number of carboxylic acids is 2. The summed E-state index contributed by atoms with van der Waals surface area (Å²) in [5, 5.41) is 27.8. The van der Waals surface area contributed by atoms with Gasteiger partial charge in [0, 0.05) is 18.8 Å². The van der Waals surface area contributed by atoms with Crippen LogP contribution in [0.4, 0.5) is 5.69 Å². The summed E-state index contributed by atoms with van der Waals surface area (Å²) in [4.78, 5) is 41.8. The van der Waals surface area contributed by atoms with Crippen molar-refractivity contribution in [3.8, 4) is 0 Å². The maximum atomic E-state index is 14.5. The van der Waals surface area contributed by atoms with E-state index in [1.54, 1.807) is 24.0 Å². The number of hydrogen-bond acceptors (Lipinski definition) is 4. The highest BCUT2D eigenvalue weighted by atomic mass is 16.4. The SMILES string of the molecule is CC(C(=O)O)(C1=c2ccc3c(c2CCC1)CC=c1c(C(=O)O)cccc1=3)C1Nc2ccccc2CN(CCc2ccccc2)C1=O. The standard InChI is InChI=1S/C39H36N2O5/c1-39(38(45)46,35-36(42)41(22-21-24-9-3-2-4-10-24)23-25-11-5-6-16-34(25)40-35)33-15-8-13-27-29-17-18-30-26(28(29)19-20-31(27)33)12-7-14-32(30)37(43)44/h2-7,9-12,14,16,18-20,35,40H,8,13,15,17,21-23H2,1H3,(H,43,44)(H,45,46). The van der Waals surface area contributed by atoms with Crippen molar-refractivity contribution in [2.75, 3.05) is 11.9 Å². The topological polar surface area (TPSA) is 107 Å². The Balaban J connectivity index is 1.39. The van der Waals surface area contributed by atoms with Gasteiger partial charge in [-0.2, -0.15) is 0 Å². The number of amides is 1. The van der Waals surface area contributed by atoms with Crippen LogP contribution in [0.1, 0.15) is 52.4 Å². The second-order valence-electron chi connectivity index (χ2n) is 12.7. The molecule has 0 saturated carbocycles. The molecule has 0 radical (unpaired) electrons. The van der Waals surface area contributed by atoms with Gasteiger partial charge in [0.15, 0.2) is 0 Å². The van der Waals surface area contributed by atoms with E-state index in [1.165, 1.54) is 0 Å². The van der Waals surface area contributed by atoms with Crippen molar-refractivity contribution in [3.63, 3.8) is 0 Å².